The van der Waals surface area contributed by atoms with Crippen LogP contribution in [0, 0.1) is 0 Å². The number of para-hydroxylation sites is 1. The Bertz CT molecular complexity index is 940. The molecule has 0 bridgehead atoms. The van der Waals surface area contributed by atoms with Crippen molar-refractivity contribution in [2.75, 3.05) is 43.0 Å². The van der Waals surface area contributed by atoms with E-state index in [2.05, 4.69) is 10.2 Å². The molecule has 0 saturated carbocycles. The van der Waals surface area contributed by atoms with Gasteiger partial charge in [-0.25, -0.2) is 8.42 Å². The lowest BCUT2D eigenvalue weighted by Crippen LogP contribution is -2.48. The molecule has 1 amide bonds. The van der Waals surface area contributed by atoms with E-state index in [1.54, 1.807) is 13.0 Å². The molecular weight excluding hydrogens is 390 g/mol. The van der Waals surface area contributed by atoms with Crippen molar-refractivity contribution in [3.8, 4) is 5.75 Å². The first-order chi connectivity index (χ1) is 14.0. The van der Waals surface area contributed by atoms with Gasteiger partial charge in [-0.15, -0.1) is 0 Å². The number of nitrogens with zero attached hydrogens (tertiary/aromatic N) is 2. The number of nitrogens with one attached hydrogen (secondary N) is 1. The maximum atomic E-state index is 13.2. The van der Waals surface area contributed by atoms with Gasteiger partial charge in [-0.05, 0) is 37.3 Å². The number of benzene rings is 2. The number of hydrogen-bond donors (Lipinski definition) is 1. The van der Waals surface area contributed by atoms with Gasteiger partial charge in [0.15, 0.2) is 0 Å². The Labute approximate surface area is 172 Å². The lowest BCUT2D eigenvalue weighted by Gasteiger charge is -2.35. The van der Waals surface area contributed by atoms with Crippen LogP contribution in [0.1, 0.15) is 20.3 Å². The van der Waals surface area contributed by atoms with Crippen molar-refractivity contribution in [3.05, 3.63) is 48.5 Å². The van der Waals surface area contributed by atoms with Gasteiger partial charge in [0.2, 0.25) is 15.9 Å². The minimum absolute atomic E-state index is 0.153. The SMILES string of the molecule is CCOc1ccc(S(=O)(=O)N2CCN(c3ccccc3)CC2)cc1NC(=O)CC. The molecule has 0 radical (unpaired) electrons. The number of amides is 1. The van der Waals surface area contributed by atoms with Gasteiger partial charge >= 0.3 is 0 Å². The molecule has 29 heavy (non-hydrogen) atoms. The number of piperazine rings is 1. The lowest BCUT2D eigenvalue weighted by atomic mass is 10.2. The third-order valence-corrected chi connectivity index (χ3v) is 6.74. The van der Waals surface area contributed by atoms with Crippen LogP contribution in [0.2, 0.25) is 0 Å². The standard InChI is InChI=1S/C21H27N3O4S/c1-3-21(25)22-19-16-18(10-11-20(19)28-4-2)29(26,27)24-14-12-23(13-15-24)17-8-6-5-7-9-17/h5-11,16H,3-4,12-15H2,1-2H3,(H,22,25). The van der Waals surface area contributed by atoms with Crippen molar-refractivity contribution in [1.82, 2.24) is 4.31 Å². The number of carbonyl (C=O) groups excluding carboxylic acids is 1. The van der Waals surface area contributed by atoms with E-state index in [1.165, 1.54) is 16.4 Å². The average Bonchev–Trinajstić information content (AvgIpc) is 2.75. The van der Waals surface area contributed by atoms with Crippen LogP contribution >= 0.6 is 0 Å². The van der Waals surface area contributed by atoms with E-state index >= 15 is 0 Å². The van der Waals surface area contributed by atoms with E-state index in [4.69, 9.17) is 4.74 Å². The van der Waals surface area contributed by atoms with Gasteiger partial charge < -0.3 is 15.0 Å². The first-order valence-electron chi connectivity index (χ1n) is 9.82. The Morgan fingerprint density at radius 1 is 1.03 bits per heavy atom. The largest absolute Gasteiger partial charge is 0.492 e. The second kappa shape index (κ2) is 9.28. The summed E-state index contributed by atoms with van der Waals surface area (Å²) in [7, 11) is -3.66. The van der Waals surface area contributed by atoms with Crippen molar-refractivity contribution in [3.63, 3.8) is 0 Å². The van der Waals surface area contributed by atoms with E-state index in [0.29, 0.717) is 50.6 Å². The summed E-state index contributed by atoms with van der Waals surface area (Å²) in [4.78, 5) is 14.2. The third-order valence-electron chi connectivity index (χ3n) is 4.84. The zero-order valence-electron chi connectivity index (χ0n) is 16.8. The van der Waals surface area contributed by atoms with Crippen molar-refractivity contribution < 1.29 is 17.9 Å². The summed E-state index contributed by atoms with van der Waals surface area (Å²) < 4.78 is 33.3. The van der Waals surface area contributed by atoms with Crippen LogP contribution in [-0.2, 0) is 14.8 Å². The molecule has 0 unspecified atom stereocenters. The van der Waals surface area contributed by atoms with Crippen LogP contribution in [0.4, 0.5) is 11.4 Å². The maximum Gasteiger partial charge on any atom is 0.243 e. The van der Waals surface area contributed by atoms with Crippen LogP contribution in [0.15, 0.2) is 53.4 Å². The van der Waals surface area contributed by atoms with Crippen LogP contribution in [0.25, 0.3) is 0 Å². The van der Waals surface area contributed by atoms with E-state index < -0.39 is 10.0 Å². The van der Waals surface area contributed by atoms with Crippen LogP contribution < -0.4 is 15.0 Å². The average molecular weight is 418 g/mol. The molecule has 0 atom stereocenters. The van der Waals surface area contributed by atoms with Crippen LogP contribution in [0.5, 0.6) is 5.75 Å². The van der Waals surface area contributed by atoms with Gasteiger partial charge in [-0.2, -0.15) is 4.31 Å². The second-order valence-corrected chi connectivity index (χ2v) is 8.66. The highest BCUT2D eigenvalue weighted by molar-refractivity contribution is 7.89. The summed E-state index contributed by atoms with van der Waals surface area (Å²) in [5, 5.41) is 2.73. The van der Waals surface area contributed by atoms with Gasteiger partial charge in [0.05, 0.1) is 17.2 Å². The summed E-state index contributed by atoms with van der Waals surface area (Å²) >= 11 is 0. The molecule has 2 aromatic carbocycles. The summed E-state index contributed by atoms with van der Waals surface area (Å²) in [6.45, 7) is 6.05. The van der Waals surface area contributed by atoms with Gasteiger partial charge in [-0.3, -0.25) is 4.79 Å². The number of hydrogen-bond acceptors (Lipinski definition) is 5. The second-order valence-electron chi connectivity index (χ2n) is 6.72. The Kier molecular flexibility index (Phi) is 6.76. The molecule has 1 aliphatic heterocycles. The minimum atomic E-state index is -3.66. The zero-order valence-corrected chi connectivity index (χ0v) is 17.6. The van der Waals surface area contributed by atoms with Gasteiger partial charge in [0.1, 0.15) is 5.75 Å². The molecule has 1 aliphatic rings. The molecule has 0 aromatic heterocycles. The predicted molar refractivity (Wildman–Crippen MR) is 114 cm³/mol. The molecule has 1 heterocycles. The summed E-state index contributed by atoms with van der Waals surface area (Å²) in [6.07, 6.45) is 0.296. The van der Waals surface area contributed by atoms with E-state index in [1.807, 2.05) is 37.3 Å². The Hall–Kier alpha value is -2.58. The number of sulfonamides is 1. The third kappa shape index (κ3) is 4.89. The predicted octanol–water partition coefficient (Wildman–Crippen LogP) is 2.94. The zero-order chi connectivity index (χ0) is 20.9. The summed E-state index contributed by atoms with van der Waals surface area (Å²) in [5.41, 5.74) is 1.47. The summed E-state index contributed by atoms with van der Waals surface area (Å²) in [5.74, 6) is 0.263. The van der Waals surface area contributed by atoms with E-state index in [-0.39, 0.29) is 10.8 Å². The Morgan fingerprint density at radius 2 is 1.72 bits per heavy atom. The topological polar surface area (TPSA) is 79.0 Å². The molecule has 3 rings (SSSR count). The molecule has 156 valence electrons. The molecule has 1 fully saturated rings. The van der Waals surface area contributed by atoms with Crippen molar-refractivity contribution >= 4 is 27.3 Å². The smallest absolute Gasteiger partial charge is 0.243 e. The van der Waals surface area contributed by atoms with Crippen molar-refractivity contribution in [1.29, 1.82) is 0 Å². The Morgan fingerprint density at radius 3 is 2.34 bits per heavy atom. The monoisotopic (exact) mass is 417 g/mol. The van der Waals surface area contributed by atoms with Crippen molar-refractivity contribution in [2.45, 2.75) is 25.2 Å². The Balaban J connectivity index is 1.78. The van der Waals surface area contributed by atoms with E-state index in [9.17, 15) is 13.2 Å². The summed E-state index contributed by atoms with van der Waals surface area (Å²) in [6, 6.07) is 14.6. The maximum absolute atomic E-state index is 13.2. The van der Waals surface area contributed by atoms with Crippen molar-refractivity contribution in [2.24, 2.45) is 0 Å². The van der Waals surface area contributed by atoms with Crippen LogP contribution in [0.3, 0.4) is 0 Å². The highest BCUT2D eigenvalue weighted by Gasteiger charge is 2.29. The fourth-order valence-corrected chi connectivity index (χ4v) is 4.71. The fraction of sp³-hybridized carbons (Fsp3) is 0.381. The van der Waals surface area contributed by atoms with Gasteiger partial charge in [0.25, 0.3) is 0 Å². The number of ether oxygens (including phenoxy) is 1. The first kappa shape index (κ1) is 21.1. The molecule has 2 aromatic rings. The first-order valence-corrected chi connectivity index (χ1v) is 11.3. The molecule has 7 nitrogen and oxygen atoms in total. The molecular formula is C21H27N3O4S. The normalized spacial score (nSPS) is 15.2. The van der Waals surface area contributed by atoms with E-state index in [0.717, 1.165) is 5.69 Å². The van der Waals surface area contributed by atoms with Gasteiger partial charge in [-0.1, -0.05) is 25.1 Å². The highest BCUT2D eigenvalue weighted by atomic mass is 32.2. The molecule has 1 N–H and O–H groups in total. The lowest BCUT2D eigenvalue weighted by molar-refractivity contribution is -0.115. The highest BCUT2D eigenvalue weighted by Crippen LogP contribution is 2.30. The fourth-order valence-electron chi connectivity index (χ4n) is 3.26. The van der Waals surface area contributed by atoms with Gasteiger partial charge in [0, 0.05) is 38.3 Å². The number of rotatable bonds is 7. The number of carbonyl (C=O) groups is 1. The molecule has 0 spiro atoms. The molecule has 1 saturated heterocycles. The number of anilines is 2. The minimum Gasteiger partial charge on any atom is -0.492 e. The quantitative estimate of drug-likeness (QED) is 0.749. The molecule has 0 aliphatic carbocycles. The molecule has 8 heteroatoms. The van der Waals surface area contributed by atoms with Crippen LogP contribution in [-0.4, -0.2) is 51.4 Å².